The molecule has 0 saturated carbocycles. The zero-order valence-electron chi connectivity index (χ0n) is 14.8. The summed E-state index contributed by atoms with van der Waals surface area (Å²) in [5, 5.41) is 19.7. The number of phenolic OH excluding ortho intramolecular Hbond substituents is 2. The molecule has 1 heterocycles. The first-order chi connectivity index (χ1) is 13.5. The van der Waals surface area contributed by atoms with E-state index in [1.807, 2.05) is 30.3 Å². The molecule has 0 fully saturated rings. The lowest BCUT2D eigenvalue weighted by Gasteiger charge is -2.07. The van der Waals surface area contributed by atoms with Gasteiger partial charge in [-0.15, -0.1) is 0 Å². The molecule has 1 aromatic heterocycles. The Labute approximate surface area is 163 Å². The minimum absolute atomic E-state index is 0.143. The van der Waals surface area contributed by atoms with Crippen LogP contribution in [0.4, 0.5) is 5.69 Å². The number of phenols is 2. The average molecular weight is 395 g/mol. The summed E-state index contributed by atoms with van der Waals surface area (Å²) in [6.45, 7) is 0. The SMILES string of the molecule is COc1cc(-c2nc3ccc(S(=O)Nc4ccccc4)cc3[nH]2)cc(O)c1O. The van der Waals surface area contributed by atoms with Crippen LogP contribution in [0.25, 0.3) is 22.4 Å². The molecule has 142 valence electrons. The molecular formula is C20H17N3O4S. The summed E-state index contributed by atoms with van der Waals surface area (Å²) in [6, 6.07) is 17.5. The van der Waals surface area contributed by atoms with Gasteiger partial charge in [-0.3, -0.25) is 0 Å². The number of aromatic hydroxyl groups is 2. The van der Waals surface area contributed by atoms with Gasteiger partial charge < -0.3 is 24.7 Å². The van der Waals surface area contributed by atoms with Gasteiger partial charge in [0.15, 0.2) is 11.5 Å². The molecule has 1 atom stereocenters. The monoisotopic (exact) mass is 395 g/mol. The fourth-order valence-corrected chi connectivity index (χ4v) is 3.68. The van der Waals surface area contributed by atoms with Crippen LogP contribution in [0.3, 0.4) is 0 Å². The number of aromatic nitrogens is 2. The molecule has 3 aromatic carbocycles. The normalized spacial score (nSPS) is 12.0. The van der Waals surface area contributed by atoms with Crippen LogP contribution in [-0.2, 0) is 11.0 Å². The van der Waals surface area contributed by atoms with Crippen LogP contribution in [0.2, 0.25) is 0 Å². The van der Waals surface area contributed by atoms with Crippen LogP contribution in [0.15, 0.2) is 65.6 Å². The van der Waals surface area contributed by atoms with Crippen molar-refractivity contribution in [2.75, 3.05) is 11.8 Å². The second kappa shape index (κ2) is 7.24. The number of imidazole rings is 1. The molecule has 0 aliphatic carbocycles. The fourth-order valence-electron chi connectivity index (χ4n) is 2.80. The molecule has 8 heteroatoms. The van der Waals surface area contributed by atoms with Crippen LogP contribution in [-0.4, -0.2) is 31.5 Å². The lowest BCUT2D eigenvalue weighted by atomic mass is 10.1. The Morgan fingerprint density at radius 3 is 2.61 bits per heavy atom. The molecule has 28 heavy (non-hydrogen) atoms. The number of para-hydroxylation sites is 1. The van der Waals surface area contributed by atoms with Gasteiger partial charge in [0, 0.05) is 11.3 Å². The van der Waals surface area contributed by atoms with E-state index in [4.69, 9.17) is 4.74 Å². The minimum Gasteiger partial charge on any atom is -0.504 e. The largest absolute Gasteiger partial charge is 0.504 e. The molecule has 0 aliphatic rings. The van der Waals surface area contributed by atoms with Crippen molar-refractivity contribution in [3.63, 3.8) is 0 Å². The Hall–Kier alpha value is -3.52. The maximum absolute atomic E-state index is 12.6. The number of aromatic amines is 1. The van der Waals surface area contributed by atoms with Crippen LogP contribution >= 0.6 is 0 Å². The Morgan fingerprint density at radius 1 is 1.07 bits per heavy atom. The van der Waals surface area contributed by atoms with Gasteiger partial charge in [-0.2, -0.15) is 0 Å². The van der Waals surface area contributed by atoms with Gasteiger partial charge in [-0.1, -0.05) is 18.2 Å². The second-order valence-electron chi connectivity index (χ2n) is 6.05. The number of methoxy groups -OCH3 is 1. The highest BCUT2D eigenvalue weighted by molar-refractivity contribution is 7.86. The van der Waals surface area contributed by atoms with E-state index < -0.39 is 11.0 Å². The Bertz CT molecular complexity index is 1180. The zero-order valence-corrected chi connectivity index (χ0v) is 15.7. The summed E-state index contributed by atoms with van der Waals surface area (Å²) < 4.78 is 20.6. The van der Waals surface area contributed by atoms with Crippen molar-refractivity contribution in [3.8, 4) is 28.6 Å². The van der Waals surface area contributed by atoms with E-state index in [0.29, 0.717) is 27.3 Å². The number of nitrogens with zero attached hydrogens (tertiary/aromatic N) is 1. The third-order valence-corrected chi connectivity index (χ3v) is 5.30. The number of benzene rings is 3. The number of anilines is 1. The van der Waals surface area contributed by atoms with Crippen LogP contribution in [0, 0.1) is 0 Å². The van der Waals surface area contributed by atoms with Crippen molar-refractivity contribution >= 4 is 27.7 Å². The van der Waals surface area contributed by atoms with Crippen LogP contribution < -0.4 is 9.46 Å². The fraction of sp³-hybridized carbons (Fsp3) is 0.0500. The first-order valence-corrected chi connectivity index (χ1v) is 9.53. The Morgan fingerprint density at radius 2 is 1.86 bits per heavy atom. The van der Waals surface area contributed by atoms with E-state index in [2.05, 4.69) is 14.7 Å². The summed E-state index contributed by atoms with van der Waals surface area (Å²) >= 11 is 0. The first kappa shape index (κ1) is 17.9. The van der Waals surface area contributed by atoms with Crippen molar-refractivity contribution in [2.45, 2.75) is 4.90 Å². The van der Waals surface area contributed by atoms with Crippen LogP contribution in [0.1, 0.15) is 0 Å². The average Bonchev–Trinajstić information content (AvgIpc) is 3.14. The van der Waals surface area contributed by atoms with E-state index in [9.17, 15) is 14.4 Å². The third kappa shape index (κ3) is 3.37. The number of ether oxygens (including phenoxy) is 1. The Kier molecular flexibility index (Phi) is 4.62. The van der Waals surface area contributed by atoms with Gasteiger partial charge in [-0.05, 0) is 42.5 Å². The first-order valence-electron chi connectivity index (χ1n) is 8.39. The molecular weight excluding hydrogens is 378 g/mol. The maximum atomic E-state index is 12.6. The van der Waals surface area contributed by atoms with Gasteiger partial charge >= 0.3 is 0 Å². The van der Waals surface area contributed by atoms with Gasteiger partial charge in [-0.25, -0.2) is 9.19 Å². The highest BCUT2D eigenvalue weighted by atomic mass is 32.2. The van der Waals surface area contributed by atoms with Crippen molar-refractivity contribution in [2.24, 2.45) is 0 Å². The summed E-state index contributed by atoms with van der Waals surface area (Å²) in [6.07, 6.45) is 0. The standard InChI is InChI=1S/C20H17N3O4S/c1-27-18-10-12(9-17(24)19(18)25)20-21-15-8-7-14(11-16(15)22-20)28(26)23-13-5-3-2-4-6-13/h2-11,23-25H,1H3,(H,21,22). The van der Waals surface area contributed by atoms with E-state index in [-0.39, 0.29) is 17.2 Å². The molecule has 1 unspecified atom stereocenters. The van der Waals surface area contributed by atoms with Gasteiger partial charge in [0.05, 0.1) is 23.0 Å². The van der Waals surface area contributed by atoms with Crippen molar-refractivity contribution < 1.29 is 19.2 Å². The number of hydrogen-bond donors (Lipinski definition) is 4. The molecule has 0 amide bonds. The van der Waals surface area contributed by atoms with Gasteiger partial charge in [0.2, 0.25) is 5.75 Å². The number of H-pyrrole nitrogens is 1. The number of rotatable bonds is 5. The van der Waals surface area contributed by atoms with Gasteiger partial charge in [0.25, 0.3) is 0 Å². The number of nitrogens with one attached hydrogen (secondary N) is 2. The topological polar surface area (TPSA) is 107 Å². The van der Waals surface area contributed by atoms with E-state index in [1.165, 1.54) is 13.2 Å². The number of hydrogen-bond acceptors (Lipinski definition) is 5. The summed E-state index contributed by atoms with van der Waals surface area (Å²) in [7, 11) is -0.0273. The lowest BCUT2D eigenvalue weighted by Crippen LogP contribution is -2.04. The predicted octanol–water partition coefficient (Wildman–Crippen LogP) is 3.78. The van der Waals surface area contributed by atoms with Crippen LogP contribution in [0.5, 0.6) is 17.2 Å². The summed E-state index contributed by atoms with van der Waals surface area (Å²) in [4.78, 5) is 8.23. The molecule has 7 nitrogen and oxygen atoms in total. The quantitative estimate of drug-likeness (QED) is 0.385. The molecule has 0 aliphatic heterocycles. The molecule has 0 radical (unpaired) electrons. The predicted molar refractivity (Wildman–Crippen MR) is 108 cm³/mol. The highest BCUT2D eigenvalue weighted by Gasteiger charge is 2.14. The van der Waals surface area contributed by atoms with Crippen molar-refractivity contribution in [3.05, 3.63) is 60.7 Å². The van der Waals surface area contributed by atoms with E-state index >= 15 is 0 Å². The second-order valence-corrected chi connectivity index (χ2v) is 7.26. The molecule has 0 bridgehead atoms. The minimum atomic E-state index is -1.43. The van der Waals surface area contributed by atoms with Crippen molar-refractivity contribution in [1.82, 2.24) is 9.97 Å². The maximum Gasteiger partial charge on any atom is 0.200 e. The lowest BCUT2D eigenvalue weighted by molar-refractivity contribution is 0.351. The van der Waals surface area contributed by atoms with Gasteiger partial charge in [0.1, 0.15) is 16.8 Å². The molecule has 4 aromatic rings. The molecule has 0 spiro atoms. The summed E-state index contributed by atoms with van der Waals surface area (Å²) in [5.74, 6) is 0.00236. The van der Waals surface area contributed by atoms with E-state index in [1.54, 1.807) is 24.3 Å². The molecule has 0 saturated heterocycles. The van der Waals surface area contributed by atoms with E-state index in [0.717, 1.165) is 5.69 Å². The smallest absolute Gasteiger partial charge is 0.200 e. The number of fused-ring (bicyclic) bond motifs is 1. The molecule has 4 rings (SSSR count). The zero-order chi connectivity index (χ0) is 19.7. The molecule has 4 N–H and O–H groups in total. The summed E-state index contributed by atoms with van der Waals surface area (Å²) in [5.41, 5.74) is 2.69. The van der Waals surface area contributed by atoms with Crippen molar-refractivity contribution in [1.29, 1.82) is 0 Å². The third-order valence-electron chi connectivity index (χ3n) is 4.20. The Balaban J connectivity index is 1.67. The highest BCUT2D eigenvalue weighted by Crippen LogP contribution is 2.39.